The number of hydrogen-bond donors (Lipinski definition) is 1. The molecule has 4 heteroatoms. The molecule has 3 rings (SSSR count). The van der Waals surface area contributed by atoms with E-state index in [1.54, 1.807) is 30.5 Å². The number of Topliss-reactive ketones (excluding diaryl/α,β-unsaturated/α-hetero) is 1. The van der Waals surface area contributed by atoms with Gasteiger partial charge < -0.3 is 4.98 Å². The molecule has 0 spiro atoms. The lowest BCUT2D eigenvalue weighted by atomic mass is 10.0. The van der Waals surface area contributed by atoms with E-state index < -0.39 is 0 Å². The van der Waals surface area contributed by atoms with Crippen LogP contribution in [0.15, 0.2) is 60.3 Å². The Bertz CT molecular complexity index is 996. The van der Waals surface area contributed by atoms with Crippen LogP contribution in [0.1, 0.15) is 21.5 Å². The minimum atomic E-state index is -0.325. The Balaban J connectivity index is 2.00. The van der Waals surface area contributed by atoms with Crippen molar-refractivity contribution in [3.63, 3.8) is 0 Å². The molecule has 1 aromatic heterocycles. The Morgan fingerprint density at radius 3 is 2.48 bits per heavy atom. The molecule has 0 aliphatic rings. The Morgan fingerprint density at radius 1 is 1.04 bits per heavy atom. The highest BCUT2D eigenvalue weighted by Gasteiger charge is 2.16. The average molecular weight is 297 g/mol. The fourth-order valence-electron chi connectivity index (χ4n) is 2.37. The minimum absolute atomic E-state index is 0.0551. The number of H-pyrrole nitrogens is 1. The fourth-order valence-corrected chi connectivity index (χ4v) is 2.37. The summed E-state index contributed by atoms with van der Waals surface area (Å²) in [5.41, 5.74) is 2.62. The Labute approximate surface area is 132 Å². The zero-order chi connectivity index (χ0) is 16.2. The summed E-state index contributed by atoms with van der Waals surface area (Å²) in [5, 5.41) is 18.9. The first-order chi connectivity index (χ1) is 11.2. The summed E-state index contributed by atoms with van der Waals surface area (Å²) < 4.78 is 0. The number of carbonyl (C=O) groups is 1. The predicted octanol–water partition coefficient (Wildman–Crippen LogP) is 3.83. The van der Waals surface area contributed by atoms with Gasteiger partial charge in [0.1, 0.15) is 11.6 Å². The lowest BCUT2D eigenvalue weighted by Gasteiger charge is -1.99. The van der Waals surface area contributed by atoms with E-state index in [1.165, 1.54) is 6.08 Å². The van der Waals surface area contributed by atoms with Gasteiger partial charge in [0, 0.05) is 22.7 Å². The van der Waals surface area contributed by atoms with Crippen LogP contribution in [0.5, 0.6) is 0 Å². The van der Waals surface area contributed by atoms with Crippen LogP contribution >= 0.6 is 0 Å². The Hall–Kier alpha value is -3.63. The molecule has 2 aromatic carbocycles. The van der Waals surface area contributed by atoms with Gasteiger partial charge in [-0.15, -0.1) is 0 Å². The summed E-state index contributed by atoms with van der Waals surface area (Å²) in [6.07, 6.45) is 3.15. The van der Waals surface area contributed by atoms with Crippen LogP contribution in [0, 0.1) is 22.7 Å². The summed E-state index contributed by atoms with van der Waals surface area (Å²) in [6, 6.07) is 18.2. The number of fused-ring (bicyclic) bond motifs is 1. The van der Waals surface area contributed by atoms with Crippen molar-refractivity contribution in [2.24, 2.45) is 0 Å². The molecule has 0 aliphatic carbocycles. The number of aromatic amines is 1. The van der Waals surface area contributed by atoms with Crippen molar-refractivity contribution in [3.05, 3.63) is 77.0 Å². The van der Waals surface area contributed by atoms with Crippen LogP contribution in [-0.4, -0.2) is 10.8 Å². The molecule has 0 saturated carbocycles. The minimum Gasteiger partial charge on any atom is -0.360 e. The van der Waals surface area contributed by atoms with E-state index in [-0.39, 0.29) is 11.4 Å². The van der Waals surface area contributed by atoms with Crippen LogP contribution in [0.25, 0.3) is 17.0 Å². The average Bonchev–Trinajstić information content (AvgIpc) is 3.03. The second-order valence-corrected chi connectivity index (χ2v) is 4.98. The molecule has 0 aliphatic heterocycles. The number of nitriles is 2. The molecule has 0 radical (unpaired) electrons. The van der Waals surface area contributed by atoms with E-state index in [0.717, 1.165) is 10.9 Å². The van der Waals surface area contributed by atoms with Gasteiger partial charge in [0.05, 0.1) is 11.6 Å². The van der Waals surface area contributed by atoms with Crippen molar-refractivity contribution in [2.75, 3.05) is 0 Å². The molecule has 23 heavy (non-hydrogen) atoms. The predicted molar refractivity (Wildman–Crippen MR) is 87.4 cm³/mol. The number of allylic oxidation sites excluding steroid dienone is 1. The van der Waals surface area contributed by atoms with Crippen molar-refractivity contribution >= 4 is 22.8 Å². The normalized spacial score (nSPS) is 11.0. The molecule has 1 N–H and O–H groups in total. The highest BCUT2D eigenvalue weighted by atomic mass is 16.1. The van der Waals surface area contributed by atoms with Crippen LogP contribution in [0.3, 0.4) is 0 Å². The molecule has 0 fully saturated rings. The number of benzene rings is 2. The van der Waals surface area contributed by atoms with Gasteiger partial charge in [-0.25, -0.2) is 0 Å². The van der Waals surface area contributed by atoms with E-state index in [0.29, 0.717) is 16.7 Å². The molecular formula is C19H11N3O. The number of nitrogens with zero attached hydrogens (tertiary/aromatic N) is 2. The molecular weight excluding hydrogens is 286 g/mol. The summed E-state index contributed by atoms with van der Waals surface area (Å²) >= 11 is 0. The summed E-state index contributed by atoms with van der Waals surface area (Å²) in [7, 11) is 0. The first-order valence-electron chi connectivity index (χ1n) is 6.95. The summed E-state index contributed by atoms with van der Waals surface area (Å²) in [4.78, 5) is 15.6. The van der Waals surface area contributed by atoms with Gasteiger partial charge in [0.2, 0.25) is 5.78 Å². The van der Waals surface area contributed by atoms with Gasteiger partial charge in [0.15, 0.2) is 0 Å². The number of rotatable bonds is 3. The van der Waals surface area contributed by atoms with Crippen molar-refractivity contribution in [3.8, 4) is 12.1 Å². The standard InChI is InChI=1S/C19H11N3O/c20-10-14-7-5-13(6-8-14)9-15(11-21)19(23)17-12-22-18-4-2-1-3-16(17)18/h1-9,12,22H/b15-9+. The zero-order valence-electron chi connectivity index (χ0n) is 12.1. The van der Waals surface area contributed by atoms with Crippen molar-refractivity contribution in [2.45, 2.75) is 0 Å². The first-order valence-corrected chi connectivity index (χ1v) is 6.95. The van der Waals surface area contributed by atoms with Crippen molar-refractivity contribution in [1.82, 2.24) is 4.98 Å². The summed E-state index contributed by atoms with van der Waals surface area (Å²) in [6.45, 7) is 0. The van der Waals surface area contributed by atoms with Gasteiger partial charge in [0.25, 0.3) is 0 Å². The van der Waals surface area contributed by atoms with Gasteiger partial charge in [-0.2, -0.15) is 10.5 Å². The maximum atomic E-state index is 12.6. The molecule has 0 atom stereocenters. The van der Waals surface area contributed by atoms with Crippen LogP contribution in [0.2, 0.25) is 0 Å². The van der Waals surface area contributed by atoms with E-state index in [1.807, 2.05) is 36.4 Å². The third-order valence-corrected chi connectivity index (χ3v) is 3.55. The topological polar surface area (TPSA) is 80.4 Å². The zero-order valence-corrected chi connectivity index (χ0v) is 12.1. The molecule has 108 valence electrons. The number of ketones is 1. The lowest BCUT2D eigenvalue weighted by molar-refractivity contribution is 0.104. The van der Waals surface area contributed by atoms with Gasteiger partial charge in [-0.3, -0.25) is 4.79 Å². The summed E-state index contributed by atoms with van der Waals surface area (Å²) in [5.74, 6) is -0.325. The molecule has 4 nitrogen and oxygen atoms in total. The number of carbonyl (C=O) groups excluding carboxylic acids is 1. The SMILES string of the molecule is N#C/C(=C\c1ccc(C#N)cc1)C(=O)c1c[nH]c2ccccc12. The second-order valence-electron chi connectivity index (χ2n) is 4.98. The lowest BCUT2D eigenvalue weighted by Crippen LogP contribution is -2.01. The van der Waals surface area contributed by atoms with Gasteiger partial charge in [-0.1, -0.05) is 30.3 Å². The van der Waals surface area contributed by atoms with Gasteiger partial charge >= 0.3 is 0 Å². The van der Waals surface area contributed by atoms with Gasteiger partial charge in [-0.05, 0) is 29.8 Å². The highest BCUT2D eigenvalue weighted by molar-refractivity contribution is 6.19. The first kappa shape index (κ1) is 14.3. The molecule has 0 saturated heterocycles. The monoisotopic (exact) mass is 297 g/mol. The molecule has 0 amide bonds. The maximum Gasteiger partial charge on any atom is 0.205 e. The van der Waals surface area contributed by atoms with Crippen LogP contribution in [0.4, 0.5) is 0 Å². The number of para-hydroxylation sites is 1. The van der Waals surface area contributed by atoms with Crippen molar-refractivity contribution < 1.29 is 4.79 Å². The second kappa shape index (κ2) is 6.01. The van der Waals surface area contributed by atoms with E-state index in [4.69, 9.17) is 5.26 Å². The Kier molecular flexibility index (Phi) is 3.74. The van der Waals surface area contributed by atoms with E-state index in [2.05, 4.69) is 4.98 Å². The largest absolute Gasteiger partial charge is 0.360 e. The van der Waals surface area contributed by atoms with Crippen LogP contribution < -0.4 is 0 Å². The third kappa shape index (κ3) is 2.74. The number of aromatic nitrogens is 1. The quantitative estimate of drug-likeness (QED) is 0.453. The fraction of sp³-hybridized carbons (Fsp3) is 0. The Morgan fingerprint density at radius 2 is 1.78 bits per heavy atom. The molecule has 0 bridgehead atoms. The third-order valence-electron chi connectivity index (χ3n) is 3.55. The van der Waals surface area contributed by atoms with E-state index in [9.17, 15) is 10.1 Å². The molecule has 3 aromatic rings. The van der Waals surface area contributed by atoms with E-state index >= 15 is 0 Å². The smallest absolute Gasteiger partial charge is 0.205 e. The number of nitrogens with one attached hydrogen (secondary N) is 1. The maximum absolute atomic E-state index is 12.6. The number of hydrogen-bond acceptors (Lipinski definition) is 3. The molecule has 1 heterocycles. The van der Waals surface area contributed by atoms with Crippen molar-refractivity contribution in [1.29, 1.82) is 10.5 Å². The highest BCUT2D eigenvalue weighted by Crippen LogP contribution is 2.21. The molecule has 0 unspecified atom stereocenters. The van der Waals surface area contributed by atoms with Crippen LogP contribution in [-0.2, 0) is 0 Å².